The molecule has 6 heteroatoms. The van der Waals surface area contributed by atoms with Crippen LogP contribution >= 0.6 is 0 Å². The van der Waals surface area contributed by atoms with Gasteiger partial charge in [-0.25, -0.2) is 4.98 Å². The summed E-state index contributed by atoms with van der Waals surface area (Å²) in [6, 6.07) is 14.3. The van der Waals surface area contributed by atoms with Crippen LogP contribution in [0.3, 0.4) is 0 Å². The first-order valence-corrected chi connectivity index (χ1v) is 7.47. The number of hydrogen-bond acceptors (Lipinski definition) is 5. The lowest BCUT2D eigenvalue weighted by molar-refractivity contribution is 0.0977. The summed E-state index contributed by atoms with van der Waals surface area (Å²) in [5, 5.41) is 0. The van der Waals surface area contributed by atoms with Gasteiger partial charge in [0.2, 0.25) is 6.79 Å². The van der Waals surface area contributed by atoms with Crippen molar-refractivity contribution in [2.24, 2.45) is 0 Å². The molecule has 0 unspecified atom stereocenters. The van der Waals surface area contributed by atoms with Crippen molar-refractivity contribution >= 4 is 11.7 Å². The Morgan fingerprint density at radius 2 is 2.04 bits per heavy atom. The monoisotopic (exact) mass is 322 g/mol. The minimum Gasteiger partial charge on any atom is -0.467 e. The zero-order valence-corrected chi connectivity index (χ0v) is 12.7. The highest BCUT2D eigenvalue weighted by molar-refractivity contribution is 6.07. The Morgan fingerprint density at radius 1 is 1.08 bits per heavy atom. The standard InChI is InChI=1S/C18H14N2O4/c21-18(14-6-3-7-15-17(14)24-12-23-15)20(11-13-5-4-10-22-13)16-8-1-2-9-19-16/h1-10H,11-12H2. The Kier molecular flexibility index (Phi) is 3.63. The molecule has 1 aliphatic rings. The van der Waals surface area contributed by atoms with Gasteiger partial charge < -0.3 is 13.9 Å². The van der Waals surface area contributed by atoms with Crippen LogP contribution in [0.5, 0.6) is 11.5 Å². The van der Waals surface area contributed by atoms with Crippen molar-refractivity contribution in [3.63, 3.8) is 0 Å². The van der Waals surface area contributed by atoms with E-state index in [0.717, 1.165) is 0 Å². The number of furan rings is 1. The molecule has 3 aromatic rings. The summed E-state index contributed by atoms with van der Waals surface area (Å²) in [4.78, 5) is 19.0. The molecule has 0 radical (unpaired) electrons. The van der Waals surface area contributed by atoms with E-state index in [2.05, 4.69) is 4.98 Å². The SMILES string of the molecule is O=C(c1cccc2c1OCO2)N(Cc1ccco1)c1ccccn1. The van der Waals surface area contributed by atoms with E-state index in [1.54, 1.807) is 53.8 Å². The Hall–Kier alpha value is -3.28. The fourth-order valence-corrected chi connectivity index (χ4v) is 2.57. The number of aromatic nitrogens is 1. The molecule has 0 spiro atoms. The van der Waals surface area contributed by atoms with Crippen molar-refractivity contribution in [1.82, 2.24) is 4.98 Å². The van der Waals surface area contributed by atoms with Gasteiger partial charge in [0.1, 0.15) is 11.6 Å². The number of amides is 1. The quantitative estimate of drug-likeness (QED) is 0.738. The Morgan fingerprint density at radius 3 is 2.83 bits per heavy atom. The number of anilines is 1. The Balaban J connectivity index is 1.73. The molecule has 0 atom stereocenters. The molecule has 1 amide bonds. The fourth-order valence-electron chi connectivity index (χ4n) is 2.57. The average molecular weight is 322 g/mol. The molecule has 1 aromatic carbocycles. The van der Waals surface area contributed by atoms with E-state index < -0.39 is 0 Å². The Bertz CT molecular complexity index is 847. The van der Waals surface area contributed by atoms with Crippen LogP contribution in [0, 0.1) is 0 Å². The van der Waals surface area contributed by atoms with Gasteiger partial charge >= 0.3 is 0 Å². The average Bonchev–Trinajstić information content (AvgIpc) is 3.31. The van der Waals surface area contributed by atoms with E-state index >= 15 is 0 Å². The van der Waals surface area contributed by atoms with E-state index in [0.29, 0.717) is 28.6 Å². The van der Waals surface area contributed by atoms with E-state index in [1.165, 1.54) is 0 Å². The summed E-state index contributed by atoms with van der Waals surface area (Å²) in [6.07, 6.45) is 3.22. The maximum absolute atomic E-state index is 13.1. The summed E-state index contributed by atoms with van der Waals surface area (Å²) in [5.41, 5.74) is 0.433. The van der Waals surface area contributed by atoms with Gasteiger partial charge in [-0.15, -0.1) is 0 Å². The van der Waals surface area contributed by atoms with Crippen LogP contribution in [0.25, 0.3) is 0 Å². The smallest absolute Gasteiger partial charge is 0.263 e. The van der Waals surface area contributed by atoms with Crippen molar-refractivity contribution in [3.8, 4) is 11.5 Å². The molecule has 0 saturated heterocycles. The number of para-hydroxylation sites is 1. The van der Waals surface area contributed by atoms with Crippen LogP contribution in [0.15, 0.2) is 65.4 Å². The first-order chi connectivity index (χ1) is 11.8. The van der Waals surface area contributed by atoms with Gasteiger partial charge in [-0.05, 0) is 36.4 Å². The first kappa shape index (κ1) is 14.3. The number of carbonyl (C=O) groups excluding carboxylic acids is 1. The predicted octanol–water partition coefficient (Wildman–Crippen LogP) is 3.25. The third-order valence-corrected chi connectivity index (χ3v) is 3.69. The van der Waals surface area contributed by atoms with Gasteiger partial charge in [0.05, 0.1) is 18.4 Å². The second kappa shape index (κ2) is 6.08. The number of rotatable bonds is 4. The van der Waals surface area contributed by atoms with Crippen molar-refractivity contribution in [3.05, 3.63) is 72.3 Å². The molecule has 3 heterocycles. The molecular formula is C18H14N2O4. The second-order valence-electron chi connectivity index (χ2n) is 5.20. The lowest BCUT2D eigenvalue weighted by atomic mass is 10.1. The van der Waals surface area contributed by atoms with Crippen LogP contribution < -0.4 is 14.4 Å². The summed E-state index contributed by atoms with van der Waals surface area (Å²) < 4.78 is 16.2. The second-order valence-corrected chi connectivity index (χ2v) is 5.20. The molecule has 0 saturated carbocycles. The highest BCUT2D eigenvalue weighted by Gasteiger charge is 2.27. The number of ether oxygens (including phenoxy) is 2. The largest absolute Gasteiger partial charge is 0.467 e. The molecule has 24 heavy (non-hydrogen) atoms. The van der Waals surface area contributed by atoms with Gasteiger partial charge in [-0.2, -0.15) is 0 Å². The van der Waals surface area contributed by atoms with Crippen LogP contribution in [0.1, 0.15) is 16.1 Å². The number of pyridine rings is 1. The van der Waals surface area contributed by atoms with E-state index in [1.807, 2.05) is 12.1 Å². The maximum atomic E-state index is 13.1. The van der Waals surface area contributed by atoms with Crippen molar-refractivity contribution in [2.75, 3.05) is 11.7 Å². The molecule has 2 aromatic heterocycles. The zero-order valence-electron chi connectivity index (χ0n) is 12.7. The van der Waals surface area contributed by atoms with Gasteiger partial charge in [-0.3, -0.25) is 9.69 Å². The molecule has 120 valence electrons. The number of benzene rings is 1. The minimum atomic E-state index is -0.229. The summed E-state index contributed by atoms with van der Waals surface area (Å²) in [6.45, 7) is 0.384. The zero-order chi connectivity index (χ0) is 16.4. The molecular weight excluding hydrogens is 308 g/mol. The highest BCUT2D eigenvalue weighted by atomic mass is 16.7. The number of nitrogens with zero attached hydrogens (tertiary/aromatic N) is 2. The predicted molar refractivity (Wildman–Crippen MR) is 86.0 cm³/mol. The Labute approximate surface area is 138 Å². The van der Waals surface area contributed by atoms with E-state index in [9.17, 15) is 4.79 Å². The van der Waals surface area contributed by atoms with E-state index in [4.69, 9.17) is 13.9 Å². The van der Waals surface area contributed by atoms with Crippen LogP contribution in [-0.4, -0.2) is 17.7 Å². The minimum absolute atomic E-state index is 0.112. The van der Waals surface area contributed by atoms with Gasteiger partial charge in [0.25, 0.3) is 5.91 Å². The number of hydrogen-bond donors (Lipinski definition) is 0. The lowest BCUT2D eigenvalue weighted by Gasteiger charge is -2.21. The summed E-state index contributed by atoms with van der Waals surface area (Å²) in [7, 11) is 0. The van der Waals surface area contributed by atoms with Crippen LogP contribution in [-0.2, 0) is 6.54 Å². The van der Waals surface area contributed by atoms with Gasteiger partial charge in [0.15, 0.2) is 11.5 Å². The molecule has 1 aliphatic heterocycles. The third kappa shape index (κ3) is 2.58. The normalized spacial score (nSPS) is 12.2. The van der Waals surface area contributed by atoms with Gasteiger partial charge in [0, 0.05) is 6.20 Å². The third-order valence-electron chi connectivity index (χ3n) is 3.69. The maximum Gasteiger partial charge on any atom is 0.263 e. The summed E-state index contributed by atoms with van der Waals surface area (Å²) >= 11 is 0. The van der Waals surface area contributed by atoms with Crippen LogP contribution in [0.2, 0.25) is 0 Å². The topological polar surface area (TPSA) is 64.8 Å². The molecule has 6 nitrogen and oxygen atoms in total. The molecule has 0 N–H and O–H groups in total. The molecule has 0 bridgehead atoms. The molecule has 0 fully saturated rings. The van der Waals surface area contributed by atoms with Crippen LogP contribution in [0.4, 0.5) is 5.82 Å². The van der Waals surface area contributed by atoms with Crippen molar-refractivity contribution < 1.29 is 18.7 Å². The number of fused-ring (bicyclic) bond motifs is 1. The summed E-state index contributed by atoms with van der Waals surface area (Å²) in [5.74, 6) is 2.00. The lowest BCUT2D eigenvalue weighted by Crippen LogP contribution is -2.31. The molecule has 0 aliphatic carbocycles. The number of carbonyl (C=O) groups is 1. The van der Waals surface area contributed by atoms with E-state index in [-0.39, 0.29) is 19.2 Å². The molecule has 4 rings (SSSR count). The van der Waals surface area contributed by atoms with Crippen molar-refractivity contribution in [1.29, 1.82) is 0 Å². The first-order valence-electron chi connectivity index (χ1n) is 7.47. The fraction of sp³-hybridized carbons (Fsp3) is 0.111. The van der Waals surface area contributed by atoms with Gasteiger partial charge in [-0.1, -0.05) is 12.1 Å². The van der Waals surface area contributed by atoms with Crippen molar-refractivity contribution in [2.45, 2.75) is 6.54 Å². The highest BCUT2D eigenvalue weighted by Crippen LogP contribution is 2.36.